The van der Waals surface area contributed by atoms with Gasteiger partial charge in [-0.2, -0.15) is 0 Å². The topological polar surface area (TPSA) is 29.5 Å². The average molecular weight is 329 g/mol. The molecule has 1 fully saturated rings. The van der Waals surface area contributed by atoms with E-state index in [-0.39, 0.29) is 11.3 Å². The summed E-state index contributed by atoms with van der Waals surface area (Å²) in [5.74, 6) is 3.87. The van der Waals surface area contributed by atoms with Gasteiger partial charge in [-0.05, 0) is 0 Å². The fraction of sp³-hybridized carbons (Fsp3) is 0.333. The van der Waals surface area contributed by atoms with E-state index in [2.05, 4.69) is 11.9 Å². The number of ether oxygens (including phenoxy) is 1. The van der Waals surface area contributed by atoms with Crippen LogP contribution < -0.4 is 4.74 Å². The summed E-state index contributed by atoms with van der Waals surface area (Å²) >= 11 is 0. The zero-order chi connectivity index (χ0) is 17.4. The molecule has 0 unspecified atom stereocenters. The first kappa shape index (κ1) is 16.0. The van der Waals surface area contributed by atoms with Crippen LogP contribution in [0.3, 0.4) is 0 Å². The Bertz CT molecular complexity index is 862. The van der Waals surface area contributed by atoms with Gasteiger partial charge in [0.2, 0.25) is 0 Å². The van der Waals surface area contributed by atoms with Gasteiger partial charge in [-0.3, -0.25) is 0 Å². The van der Waals surface area contributed by atoms with Crippen molar-refractivity contribution < 1.29 is 9.53 Å². The summed E-state index contributed by atoms with van der Waals surface area (Å²) in [6, 6.07) is 14.0. The summed E-state index contributed by atoms with van der Waals surface area (Å²) < 4.78 is 5.19. The first-order chi connectivity index (χ1) is 12.1. The number of fused-ring (bicyclic) bond motifs is 1. The molecule has 124 valence electrons. The Morgan fingerprint density at radius 1 is 1.20 bits per heavy atom. The quantitative estimate of drug-likeness (QED) is 0.807. The third-order valence-corrected chi connectivity index (χ3v) is 5.39. The molecule has 0 spiro atoms. The number of hydrogen-bond acceptors (Lipinski definition) is 2. The molecule has 4 heteroatoms. The number of carbonyl (C=O) groups is 1. The van der Waals surface area contributed by atoms with Crippen molar-refractivity contribution in [2.24, 2.45) is 0 Å². The summed E-state index contributed by atoms with van der Waals surface area (Å²) in [4.78, 5) is 14.8. The molecule has 2 aromatic rings. The summed E-state index contributed by atoms with van der Waals surface area (Å²) in [5.41, 5.74) is 4.19. The van der Waals surface area contributed by atoms with E-state index in [0.29, 0.717) is 6.54 Å². The molecule has 0 radical (unpaired) electrons. The van der Waals surface area contributed by atoms with E-state index in [9.17, 15) is 4.79 Å². The van der Waals surface area contributed by atoms with Crippen molar-refractivity contribution >= 4 is 13.2 Å². The molecule has 1 aliphatic carbocycles. The second-order valence-electron chi connectivity index (χ2n) is 6.92. The Morgan fingerprint density at radius 2 is 1.96 bits per heavy atom. The minimum absolute atomic E-state index is 0.0711. The molecule has 2 aromatic carbocycles. The standard InChI is InChI=1S/C21H20BNO2/c1-25-18-5-2-15(3-6-18)13-23-11-8-16-12-17(21(14-22)9-10-21)4-7-19(16)20(23)24/h2-7,12H,8-11,13H2,1H3. The van der Waals surface area contributed by atoms with Crippen molar-refractivity contribution in [1.29, 1.82) is 0 Å². The van der Waals surface area contributed by atoms with Crippen LogP contribution in [0, 0.1) is 5.80 Å². The van der Waals surface area contributed by atoms with E-state index in [0.717, 1.165) is 48.2 Å². The molecule has 4 rings (SSSR count). The van der Waals surface area contributed by atoms with Crippen LogP contribution >= 0.6 is 0 Å². The Balaban J connectivity index is 1.54. The van der Waals surface area contributed by atoms with Crippen LogP contribution in [0.5, 0.6) is 5.75 Å². The van der Waals surface area contributed by atoms with Crippen LogP contribution in [0.1, 0.15) is 39.9 Å². The van der Waals surface area contributed by atoms with Crippen LogP contribution in [0.4, 0.5) is 0 Å². The molecule has 0 saturated heterocycles. The zero-order valence-electron chi connectivity index (χ0n) is 14.4. The minimum atomic E-state index is -0.0711. The molecule has 0 aromatic heterocycles. The monoisotopic (exact) mass is 329 g/mol. The summed E-state index contributed by atoms with van der Waals surface area (Å²) in [6.45, 7) is 1.36. The first-order valence-corrected chi connectivity index (χ1v) is 8.68. The van der Waals surface area contributed by atoms with Crippen molar-refractivity contribution in [1.82, 2.24) is 4.90 Å². The summed E-state index contributed by atoms with van der Waals surface area (Å²) in [5, 5.41) is 0. The maximum atomic E-state index is 12.9. The molecule has 3 nitrogen and oxygen atoms in total. The van der Waals surface area contributed by atoms with Gasteiger partial charge >= 0.3 is 131 Å². The van der Waals surface area contributed by atoms with Gasteiger partial charge in [0.25, 0.3) is 0 Å². The van der Waals surface area contributed by atoms with Crippen molar-refractivity contribution in [3.8, 4) is 11.6 Å². The molecule has 2 aliphatic rings. The van der Waals surface area contributed by atoms with E-state index < -0.39 is 0 Å². The Labute approximate surface area is 149 Å². The van der Waals surface area contributed by atoms with Gasteiger partial charge in [-0.25, -0.2) is 0 Å². The molecule has 0 bridgehead atoms. The number of benzene rings is 2. The van der Waals surface area contributed by atoms with Crippen LogP contribution in [0.15, 0.2) is 42.5 Å². The number of rotatable bonds is 4. The molecule has 1 amide bonds. The molecule has 1 aliphatic heterocycles. The van der Waals surface area contributed by atoms with Gasteiger partial charge in [0.1, 0.15) is 5.75 Å². The Morgan fingerprint density at radius 3 is 2.60 bits per heavy atom. The zero-order valence-corrected chi connectivity index (χ0v) is 14.4. The van der Waals surface area contributed by atoms with Crippen molar-refractivity contribution in [3.63, 3.8) is 0 Å². The molecular formula is C21H20BNO2. The number of carbonyl (C=O) groups excluding carboxylic acids is 1. The molecule has 25 heavy (non-hydrogen) atoms. The third kappa shape index (κ3) is 2.87. The van der Waals surface area contributed by atoms with E-state index in [1.54, 1.807) is 7.11 Å². The van der Waals surface area contributed by atoms with Crippen molar-refractivity contribution in [2.75, 3.05) is 13.7 Å². The van der Waals surface area contributed by atoms with Crippen LogP contribution in [-0.4, -0.2) is 31.8 Å². The van der Waals surface area contributed by atoms with E-state index >= 15 is 0 Å². The average Bonchev–Trinajstić information content (AvgIpc) is 3.46. The van der Waals surface area contributed by atoms with Crippen molar-refractivity contribution in [3.05, 3.63) is 64.7 Å². The fourth-order valence-electron chi connectivity index (χ4n) is 3.58. The second kappa shape index (κ2) is 6.13. The summed E-state index contributed by atoms with van der Waals surface area (Å²) in [6.07, 6.45) is 2.99. The Hall–Kier alpha value is -2.45. The predicted octanol–water partition coefficient (Wildman–Crippen LogP) is 3.05. The molecule has 0 N–H and O–H groups in total. The van der Waals surface area contributed by atoms with E-state index in [1.807, 2.05) is 41.3 Å². The van der Waals surface area contributed by atoms with Gasteiger partial charge in [-0.1, -0.05) is 0 Å². The first-order valence-electron chi connectivity index (χ1n) is 8.68. The van der Waals surface area contributed by atoms with E-state index in [1.165, 1.54) is 5.56 Å². The molecule has 1 heterocycles. The van der Waals surface area contributed by atoms with Crippen LogP contribution in [0.2, 0.25) is 0 Å². The van der Waals surface area contributed by atoms with Crippen molar-refractivity contribution in [2.45, 2.75) is 31.2 Å². The molecule has 1 saturated carbocycles. The van der Waals surface area contributed by atoms with Gasteiger partial charge in [0.05, 0.1) is 7.11 Å². The number of hydrogen-bond donors (Lipinski definition) is 0. The fourth-order valence-corrected chi connectivity index (χ4v) is 3.58. The summed E-state index contributed by atoms with van der Waals surface area (Å²) in [7, 11) is 7.35. The van der Waals surface area contributed by atoms with Crippen LogP contribution in [0.25, 0.3) is 0 Å². The maximum absolute atomic E-state index is 12.9. The Kier molecular flexibility index (Phi) is 3.93. The van der Waals surface area contributed by atoms with Gasteiger partial charge in [-0.15, -0.1) is 0 Å². The third-order valence-electron chi connectivity index (χ3n) is 5.39. The predicted molar refractivity (Wildman–Crippen MR) is 98.4 cm³/mol. The van der Waals surface area contributed by atoms with Crippen LogP contribution in [-0.2, 0) is 18.4 Å². The number of amides is 1. The van der Waals surface area contributed by atoms with E-state index in [4.69, 9.17) is 12.1 Å². The molecule has 0 atom stereocenters. The SMILES string of the molecule is B#CC1(c2ccc3c(c2)CCN(Cc2ccc(OC)cc2)C3=O)CC1. The van der Waals surface area contributed by atoms with Gasteiger partial charge in [0, 0.05) is 0 Å². The normalized spacial score (nSPS) is 17.7. The van der Waals surface area contributed by atoms with Gasteiger partial charge < -0.3 is 4.74 Å². The van der Waals surface area contributed by atoms with Gasteiger partial charge in [0.15, 0.2) is 0 Å². The second-order valence-corrected chi connectivity index (χ2v) is 6.92. The molecular weight excluding hydrogens is 309 g/mol. The number of methoxy groups -OCH3 is 1. The number of nitrogens with zero attached hydrogens (tertiary/aromatic N) is 1.